The molecule has 4 fully saturated rings. The molecule has 6 heteroatoms. The van der Waals surface area contributed by atoms with Crippen molar-refractivity contribution in [2.75, 3.05) is 26.8 Å². The van der Waals surface area contributed by atoms with Crippen LogP contribution in [0.4, 0.5) is 0 Å². The molecule has 1 saturated carbocycles. The normalized spacial score (nSPS) is 45.6. The van der Waals surface area contributed by atoms with Gasteiger partial charge in [-0.3, -0.25) is 9.59 Å². The number of methoxy groups -OCH3 is 1. The third-order valence-electron chi connectivity index (χ3n) is 6.17. The fourth-order valence-electron chi connectivity index (χ4n) is 4.65. The lowest BCUT2D eigenvalue weighted by Crippen LogP contribution is -2.53. The van der Waals surface area contributed by atoms with Gasteiger partial charge in [0.25, 0.3) is 0 Å². The first-order valence-corrected chi connectivity index (χ1v) is 8.65. The lowest BCUT2D eigenvalue weighted by Gasteiger charge is -2.37. The zero-order valence-corrected chi connectivity index (χ0v) is 13.9. The summed E-state index contributed by atoms with van der Waals surface area (Å²) < 4.78 is 17.2. The van der Waals surface area contributed by atoms with Gasteiger partial charge in [0.05, 0.1) is 25.0 Å². The number of likely N-dealkylation sites (tertiary alicyclic amines) is 1. The average molecular weight is 323 g/mol. The summed E-state index contributed by atoms with van der Waals surface area (Å²) >= 11 is 0. The number of carbonyl (C=O) groups excluding carboxylic acids is 2. The maximum atomic E-state index is 12.4. The SMILES string of the molecule is CO[C@@H]1C(=O)CC[C@]2(CO2)[C@H]1[C@@]1(C)O[C@@H]1CC(=O)N1CCCC1. The van der Waals surface area contributed by atoms with Crippen molar-refractivity contribution in [3.05, 3.63) is 0 Å². The van der Waals surface area contributed by atoms with Crippen LogP contribution in [0.5, 0.6) is 0 Å². The van der Waals surface area contributed by atoms with Crippen molar-refractivity contribution in [2.45, 2.75) is 62.4 Å². The molecule has 6 nitrogen and oxygen atoms in total. The van der Waals surface area contributed by atoms with Crippen LogP contribution in [-0.2, 0) is 23.8 Å². The van der Waals surface area contributed by atoms with Crippen LogP contribution in [0, 0.1) is 5.92 Å². The predicted octanol–water partition coefficient (Wildman–Crippen LogP) is 0.919. The molecule has 0 radical (unpaired) electrons. The highest BCUT2D eigenvalue weighted by atomic mass is 16.6. The van der Waals surface area contributed by atoms with Crippen LogP contribution in [0.3, 0.4) is 0 Å². The Bertz CT molecular complexity index is 525. The van der Waals surface area contributed by atoms with Crippen molar-refractivity contribution in [3.63, 3.8) is 0 Å². The van der Waals surface area contributed by atoms with Gasteiger partial charge >= 0.3 is 0 Å². The van der Waals surface area contributed by atoms with E-state index in [1.54, 1.807) is 7.11 Å². The molecule has 3 aliphatic heterocycles. The molecule has 4 rings (SSSR count). The minimum absolute atomic E-state index is 0.113. The molecular weight excluding hydrogens is 298 g/mol. The molecule has 0 bridgehead atoms. The van der Waals surface area contributed by atoms with Crippen LogP contribution in [0.2, 0.25) is 0 Å². The van der Waals surface area contributed by atoms with Crippen molar-refractivity contribution >= 4 is 11.7 Å². The van der Waals surface area contributed by atoms with Crippen molar-refractivity contribution in [2.24, 2.45) is 5.92 Å². The second kappa shape index (κ2) is 5.26. The number of ether oxygens (including phenoxy) is 3. The highest BCUT2D eigenvalue weighted by Crippen LogP contribution is 2.58. The molecule has 1 amide bonds. The van der Waals surface area contributed by atoms with E-state index in [9.17, 15) is 9.59 Å². The van der Waals surface area contributed by atoms with Gasteiger partial charge in [-0.05, 0) is 26.2 Å². The second-order valence-corrected chi connectivity index (χ2v) is 7.54. The number of epoxide rings is 2. The number of ketones is 1. The van der Waals surface area contributed by atoms with Crippen LogP contribution in [0.15, 0.2) is 0 Å². The Morgan fingerprint density at radius 1 is 1.39 bits per heavy atom. The Kier molecular flexibility index (Phi) is 3.55. The zero-order chi connectivity index (χ0) is 16.2. The molecule has 3 saturated heterocycles. The number of hydrogen-bond donors (Lipinski definition) is 0. The zero-order valence-electron chi connectivity index (χ0n) is 13.9. The number of carbonyl (C=O) groups is 2. The highest BCUT2D eigenvalue weighted by molar-refractivity contribution is 5.85. The van der Waals surface area contributed by atoms with E-state index in [1.807, 2.05) is 11.8 Å². The molecule has 3 heterocycles. The van der Waals surface area contributed by atoms with Crippen LogP contribution in [0.1, 0.15) is 39.0 Å². The minimum Gasteiger partial charge on any atom is -0.373 e. The quantitative estimate of drug-likeness (QED) is 0.720. The molecule has 4 aliphatic rings. The second-order valence-electron chi connectivity index (χ2n) is 7.54. The minimum atomic E-state index is -0.497. The van der Waals surface area contributed by atoms with E-state index in [0.29, 0.717) is 19.4 Å². The summed E-state index contributed by atoms with van der Waals surface area (Å²) in [4.78, 5) is 26.5. The Morgan fingerprint density at radius 3 is 2.70 bits per heavy atom. The summed E-state index contributed by atoms with van der Waals surface area (Å²) in [6.45, 7) is 4.39. The monoisotopic (exact) mass is 323 g/mol. The molecule has 5 atom stereocenters. The standard InChI is InChI=1S/C17H25NO5/c1-16(12(23-16)9-13(20)18-7-3-4-8-18)15-14(21-2)11(19)5-6-17(15)10-22-17/h12,14-15H,3-10H2,1-2H3/t12-,14-,15-,16+,17+/m1/s1. The summed E-state index contributed by atoms with van der Waals surface area (Å²) in [6.07, 6.45) is 3.20. The van der Waals surface area contributed by atoms with E-state index in [-0.39, 0.29) is 29.3 Å². The number of Topliss-reactive ketones (excluding diaryl/α,β-unsaturated/α-hetero) is 1. The van der Waals surface area contributed by atoms with E-state index in [2.05, 4.69) is 0 Å². The Labute approximate surface area is 136 Å². The van der Waals surface area contributed by atoms with Gasteiger partial charge in [0.2, 0.25) is 5.91 Å². The number of nitrogens with zero attached hydrogens (tertiary/aromatic N) is 1. The summed E-state index contributed by atoms with van der Waals surface area (Å²) in [5.74, 6) is 0.177. The summed E-state index contributed by atoms with van der Waals surface area (Å²) in [5.41, 5.74) is -0.780. The summed E-state index contributed by atoms with van der Waals surface area (Å²) in [7, 11) is 1.58. The smallest absolute Gasteiger partial charge is 0.225 e. The molecule has 23 heavy (non-hydrogen) atoms. The fraction of sp³-hybridized carbons (Fsp3) is 0.882. The third-order valence-corrected chi connectivity index (χ3v) is 6.17. The molecule has 0 aromatic rings. The van der Waals surface area contributed by atoms with E-state index in [1.165, 1.54) is 0 Å². The largest absolute Gasteiger partial charge is 0.373 e. The molecule has 1 spiro atoms. The molecule has 1 aliphatic carbocycles. The van der Waals surface area contributed by atoms with Gasteiger partial charge in [-0.2, -0.15) is 0 Å². The maximum Gasteiger partial charge on any atom is 0.225 e. The Hall–Kier alpha value is -0.980. The van der Waals surface area contributed by atoms with Gasteiger partial charge in [-0.1, -0.05) is 0 Å². The van der Waals surface area contributed by atoms with Crippen LogP contribution < -0.4 is 0 Å². The average Bonchev–Trinajstić information content (AvgIpc) is 3.34. The molecule has 0 N–H and O–H groups in total. The van der Waals surface area contributed by atoms with Gasteiger partial charge in [0, 0.05) is 26.6 Å². The lowest BCUT2D eigenvalue weighted by atomic mass is 9.69. The van der Waals surface area contributed by atoms with E-state index in [4.69, 9.17) is 14.2 Å². The van der Waals surface area contributed by atoms with Crippen molar-refractivity contribution in [1.82, 2.24) is 4.90 Å². The predicted molar refractivity (Wildman–Crippen MR) is 80.9 cm³/mol. The molecule has 128 valence electrons. The number of rotatable bonds is 4. The first-order valence-electron chi connectivity index (χ1n) is 8.65. The number of amides is 1. The van der Waals surface area contributed by atoms with Gasteiger partial charge in [-0.25, -0.2) is 0 Å². The lowest BCUT2D eigenvalue weighted by molar-refractivity contribution is -0.142. The maximum absolute atomic E-state index is 12.4. The Morgan fingerprint density at radius 2 is 2.09 bits per heavy atom. The van der Waals surface area contributed by atoms with Crippen LogP contribution in [-0.4, -0.2) is 66.8 Å². The van der Waals surface area contributed by atoms with Crippen LogP contribution >= 0.6 is 0 Å². The molecular formula is C17H25NO5. The van der Waals surface area contributed by atoms with Crippen molar-refractivity contribution in [3.8, 4) is 0 Å². The van der Waals surface area contributed by atoms with E-state index < -0.39 is 11.7 Å². The first-order chi connectivity index (χ1) is 11.0. The molecule has 0 aromatic heterocycles. The van der Waals surface area contributed by atoms with Gasteiger partial charge in [0.15, 0.2) is 5.78 Å². The van der Waals surface area contributed by atoms with Gasteiger partial charge in [-0.15, -0.1) is 0 Å². The molecule has 0 unspecified atom stereocenters. The summed E-state index contributed by atoms with van der Waals surface area (Å²) in [5, 5.41) is 0. The van der Waals surface area contributed by atoms with Gasteiger partial charge in [0.1, 0.15) is 17.3 Å². The highest BCUT2D eigenvalue weighted by Gasteiger charge is 2.72. The topological polar surface area (TPSA) is 71.7 Å². The number of hydrogen-bond acceptors (Lipinski definition) is 5. The van der Waals surface area contributed by atoms with Gasteiger partial charge < -0.3 is 19.1 Å². The van der Waals surface area contributed by atoms with E-state index >= 15 is 0 Å². The Balaban J connectivity index is 1.48. The van der Waals surface area contributed by atoms with E-state index in [0.717, 1.165) is 32.4 Å². The fourth-order valence-corrected chi connectivity index (χ4v) is 4.65. The summed E-state index contributed by atoms with van der Waals surface area (Å²) in [6, 6.07) is 0. The van der Waals surface area contributed by atoms with Crippen LogP contribution in [0.25, 0.3) is 0 Å². The van der Waals surface area contributed by atoms with Crippen molar-refractivity contribution in [1.29, 1.82) is 0 Å². The molecule has 0 aromatic carbocycles. The third kappa shape index (κ3) is 2.42. The first kappa shape index (κ1) is 15.5. The van der Waals surface area contributed by atoms with Crippen molar-refractivity contribution < 1.29 is 23.8 Å².